The maximum atomic E-state index is 14.1. The molecular weight excluding hydrogens is 355 g/mol. The maximum Gasteiger partial charge on any atom is 0.264 e. The molecule has 0 spiro atoms. The average Bonchev–Trinajstić information content (AvgIpc) is 3.16. The number of carbonyl (C=O) groups is 1. The Kier molecular flexibility index (Phi) is 6.60. The normalized spacial score (nSPS) is 15.0. The summed E-state index contributed by atoms with van der Waals surface area (Å²) in [5, 5.41) is 0.687. The fourth-order valence-electron chi connectivity index (χ4n) is 2.87. The lowest BCUT2D eigenvalue weighted by atomic mass is 10.2. The number of morpholine rings is 1. The van der Waals surface area contributed by atoms with Crippen molar-refractivity contribution in [3.05, 3.63) is 52.7 Å². The predicted octanol–water partition coefficient (Wildman–Crippen LogP) is 2.87. The highest BCUT2D eigenvalue weighted by atomic mass is 32.1. The predicted molar refractivity (Wildman–Crippen MR) is 99.3 cm³/mol. The molecule has 5 nitrogen and oxygen atoms in total. The van der Waals surface area contributed by atoms with Gasteiger partial charge in [-0.3, -0.25) is 9.69 Å². The zero-order valence-corrected chi connectivity index (χ0v) is 15.6. The van der Waals surface area contributed by atoms with E-state index in [0.29, 0.717) is 35.3 Å². The first-order chi connectivity index (χ1) is 12.7. The van der Waals surface area contributed by atoms with E-state index in [0.717, 1.165) is 19.6 Å². The van der Waals surface area contributed by atoms with E-state index in [1.165, 1.54) is 17.4 Å². The van der Waals surface area contributed by atoms with Crippen LogP contribution in [0, 0.1) is 5.82 Å². The molecule has 1 aliphatic rings. The van der Waals surface area contributed by atoms with Crippen molar-refractivity contribution < 1.29 is 18.7 Å². The molecule has 3 rings (SSSR count). The van der Waals surface area contributed by atoms with Crippen molar-refractivity contribution in [1.82, 2.24) is 9.80 Å². The number of methoxy groups -OCH3 is 1. The maximum absolute atomic E-state index is 14.1. The number of nitrogens with zero attached hydrogens (tertiary/aromatic N) is 2. The Morgan fingerprint density at radius 3 is 2.73 bits per heavy atom. The largest absolute Gasteiger partial charge is 0.487 e. The van der Waals surface area contributed by atoms with E-state index < -0.39 is 0 Å². The highest BCUT2D eigenvalue weighted by Crippen LogP contribution is 2.25. The van der Waals surface area contributed by atoms with Gasteiger partial charge < -0.3 is 14.4 Å². The number of hydrogen-bond acceptors (Lipinski definition) is 5. The van der Waals surface area contributed by atoms with Gasteiger partial charge in [-0.05, 0) is 18.2 Å². The Hall–Kier alpha value is -1.96. The third kappa shape index (κ3) is 4.81. The van der Waals surface area contributed by atoms with E-state index >= 15 is 0 Å². The van der Waals surface area contributed by atoms with Crippen LogP contribution in [0.3, 0.4) is 0 Å². The van der Waals surface area contributed by atoms with Crippen molar-refractivity contribution in [2.45, 2.75) is 6.54 Å². The molecule has 0 unspecified atom stereocenters. The molecule has 0 saturated carbocycles. The summed E-state index contributed by atoms with van der Waals surface area (Å²) in [4.78, 5) is 17.5. The molecule has 1 aliphatic heterocycles. The number of ether oxygens (including phenoxy) is 2. The lowest BCUT2D eigenvalue weighted by Gasteiger charge is -2.30. The van der Waals surface area contributed by atoms with E-state index in [1.54, 1.807) is 42.3 Å². The molecule has 1 fully saturated rings. The third-order valence-electron chi connectivity index (χ3n) is 4.39. The van der Waals surface area contributed by atoms with Crippen LogP contribution in [0.15, 0.2) is 36.4 Å². The molecule has 0 aliphatic carbocycles. The van der Waals surface area contributed by atoms with Gasteiger partial charge in [0.1, 0.15) is 5.82 Å². The van der Waals surface area contributed by atoms with Gasteiger partial charge in [-0.15, -0.1) is 0 Å². The lowest BCUT2D eigenvalue weighted by molar-refractivity contribution is 0.0320. The van der Waals surface area contributed by atoms with Gasteiger partial charge in [0.2, 0.25) is 0 Å². The zero-order valence-electron chi connectivity index (χ0n) is 14.8. The number of carbonyl (C=O) groups excluding carboxylic acids is 1. The van der Waals surface area contributed by atoms with Gasteiger partial charge in [0, 0.05) is 38.3 Å². The minimum Gasteiger partial charge on any atom is -0.487 e. The highest BCUT2D eigenvalue weighted by molar-refractivity contribution is 7.15. The molecule has 0 bridgehead atoms. The van der Waals surface area contributed by atoms with E-state index in [4.69, 9.17) is 9.47 Å². The highest BCUT2D eigenvalue weighted by Gasteiger charge is 2.21. The number of hydrogen-bond donors (Lipinski definition) is 0. The van der Waals surface area contributed by atoms with E-state index in [9.17, 15) is 9.18 Å². The lowest BCUT2D eigenvalue weighted by Crippen LogP contribution is -2.42. The van der Waals surface area contributed by atoms with Crippen LogP contribution >= 0.6 is 11.3 Å². The summed E-state index contributed by atoms with van der Waals surface area (Å²) >= 11 is 1.30. The van der Waals surface area contributed by atoms with Gasteiger partial charge >= 0.3 is 0 Å². The van der Waals surface area contributed by atoms with Crippen LogP contribution in [0.5, 0.6) is 5.06 Å². The number of halogens is 1. The van der Waals surface area contributed by atoms with Crippen LogP contribution in [-0.4, -0.2) is 62.2 Å². The molecule has 0 radical (unpaired) electrons. The van der Waals surface area contributed by atoms with Crippen molar-refractivity contribution in [3.63, 3.8) is 0 Å². The van der Waals surface area contributed by atoms with Crippen LogP contribution < -0.4 is 4.74 Å². The van der Waals surface area contributed by atoms with Gasteiger partial charge in [-0.25, -0.2) is 4.39 Å². The van der Waals surface area contributed by atoms with Crippen LogP contribution in [0.1, 0.15) is 15.2 Å². The van der Waals surface area contributed by atoms with Gasteiger partial charge in [0.25, 0.3) is 5.91 Å². The minimum absolute atomic E-state index is 0.102. The standard InChI is InChI=1S/C19H23FN2O3S/c1-24-18-7-6-17(26-18)19(23)22(9-8-21-10-12-25-13-11-21)14-15-4-2-3-5-16(15)20/h2-7H,8-14H2,1H3. The first-order valence-electron chi connectivity index (χ1n) is 8.64. The van der Waals surface area contributed by atoms with E-state index in [1.807, 2.05) is 0 Å². The number of amides is 1. The molecule has 140 valence electrons. The molecule has 1 amide bonds. The second-order valence-electron chi connectivity index (χ2n) is 6.09. The Labute approximate surface area is 156 Å². The number of benzene rings is 1. The molecule has 1 aromatic heterocycles. The minimum atomic E-state index is -0.291. The number of rotatable bonds is 7. The van der Waals surface area contributed by atoms with Crippen LogP contribution in [0.4, 0.5) is 4.39 Å². The molecular formula is C19H23FN2O3S. The number of thiophene rings is 1. The molecule has 0 atom stereocenters. The summed E-state index contributed by atoms with van der Waals surface area (Å²) in [5.74, 6) is -0.393. The SMILES string of the molecule is COc1ccc(C(=O)N(CCN2CCOCC2)Cc2ccccc2F)s1. The van der Waals surface area contributed by atoms with Gasteiger partial charge in [0.05, 0.1) is 25.2 Å². The summed E-state index contributed by atoms with van der Waals surface area (Å²) in [6.07, 6.45) is 0. The summed E-state index contributed by atoms with van der Waals surface area (Å²) in [5.41, 5.74) is 0.520. The van der Waals surface area contributed by atoms with Crippen molar-refractivity contribution in [3.8, 4) is 5.06 Å². The molecule has 1 saturated heterocycles. The second-order valence-corrected chi connectivity index (χ2v) is 7.14. The molecule has 0 N–H and O–H groups in total. The topological polar surface area (TPSA) is 42.0 Å². The van der Waals surface area contributed by atoms with Crippen LogP contribution in [0.2, 0.25) is 0 Å². The summed E-state index contributed by atoms with van der Waals surface area (Å²) in [6.45, 7) is 4.66. The summed E-state index contributed by atoms with van der Waals surface area (Å²) < 4.78 is 24.6. The quantitative estimate of drug-likeness (QED) is 0.743. The molecule has 1 aromatic carbocycles. The Bertz CT molecular complexity index is 731. The molecule has 2 aromatic rings. The van der Waals surface area contributed by atoms with Crippen LogP contribution in [0.25, 0.3) is 0 Å². The Morgan fingerprint density at radius 1 is 1.27 bits per heavy atom. The van der Waals surface area contributed by atoms with Gasteiger partial charge in [-0.2, -0.15) is 0 Å². The average molecular weight is 378 g/mol. The van der Waals surface area contributed by atoms with Crippen molar-refractivity contribution in [2.75, 3.05) is 46.5 Å². The smallest absolute Gasteiger partial charge is 0.264 e. The van der Waals surface area contributed by atoms with Crippen LogP contribution in [-0.2, 0) is 11.3 Å². The van der Waals surface area contributed by atoms with Gasteiger partial charge in [0.15, 0.2) is 5.06 Å². The Balaban J connectivity index is 1.73. The molecule has 26 heavy (non-hydrogen) atoms. The summed E-state index contributed by atoms with van der Waals surface area (Å²) in [7, 11) is 1.58. The first-order valence-corrected chi connectivity index (χ1v) is 9.45. The van der Waals surface area contributed by atoms with Crippen molar-refractivity contribution in [1.29, 1.82) is 0 Å². The fourth-order valence-corrected chi connectivity index (χ4v) is 3.66. The molecule has 7 heteroatoms. The Morgan fingerprint density at radius 2 is 2.04 bits per heavy atom. The molecule has 2 heterocycles. The fraction of sp³-hybridized carbons (Fsp3) is 0.421. The summed E-state index contributed by atoms with van der Waals surface area (Å²) in [6, 6.07) is 10.1. The van der Waals surface area contributed by atoms with Gasteiger partial charge in [-0.1, -0.05) is 29.5 Å². The monoisotopic (exact) mass is 378 g/mol. The third-order valence-corrected chi connectivity index (χ3v) is 5.42. The van der Waals surface area contributed by atoms with Crippen molar-refractivity contribution >= 4 is 17.2 Å². The first kappa shape index (κ1) is 18.8. The van der Waals surface area contributed by atoms with Crippen molar-refractivity contribution in [2.24, 2.45) is 0 Å². The van der Waals surface area contributed by atoms with E-state index in [-0.39, 0.29) is 18.3 Å². The van der Waals surface area contributed by atoms with E-state index in [2.05, 4.69) is 4.90 Å². The zero-order chi connectivity index (χ0) is 18.4. The second kappa shape index (κ2) is 9.12.